The van der Waals surface area contributed by atoms with Gasteiger partial charge in [0.2, 0.25) is 0 Å². The molecule has 2 N–H and O–H groups in total. The Morgan fingerprint density at radius 1 is 1.21 bits per heavy atom. The van der Waals surface area contributed by atoms with Crippen LogP contribution >= 0.6 is 0 Å². The van der Waals surface area contributed by atoms with E-state index in [4.69, 9.17) is 0 Å². The van der Waals surface area contributed by atoms with Crippen LogP contribution in [0.15, 0.2) is 42.6 Å². The standard InChI is InChI=1S/C21H22N6O/c1-12-10-16(18-13(2)26-27(4)20(18)23-12)21(28)24-14(3)19-22-11-17(25-19)15-8-6-5-7-9-15/h5-11,14H,1-4H3,(H,22,25)(H,24,28)/t14-/m0/s1. The third-order valence-electron chi connectivity index (χ3n) is 4.78. The molecule has 0 unspecified atom stereocenters. The number of carbonyl (C=O) groups is 1. The third kappa shape index (κ3) is 3.15. The molecule has 0 fully saturated rings. The molecule has 3 aromatic heterocycles. The van der Waals surface area contributed by atoms with E-state index in [9.17, 15) is 4.79 Å². The largest absolute Gasteiger partial charge is 0.342 e. The van der Waals surface area contributed by atoms with E-state index in [0.29, 0.717) is 17.0 Å². The molecule has 0 saturated carbocycles. The van der Waals surface area contributed by atoms with Crippen molar-refractivity contribution >= 4 is 16.9 Å². The van der Waals surface area contributed by atoms with Crippen LogP contribution in [0.1, 0.15) is 40.5 Å². The van der Waals surface area contributed by atoms with Crippen molar-refractivity contribution in [1.29, 1.82) is 0 Å². The summed E-state index contributed by atoms with van der Waals surface area (Å²) in [5.41, 5.74) is 4.82. The summed E-state index contributed by atoms with van der Waals surface area (Å²) in [7, 11) is 1.83. The number of fused-ring (bicyclic) bond motifs is 1. The second-order valence-corrected chi connectivity index (χ2v) is 6.96. The fourth-order valence-electron chi connectivity index (χ4n) is 3.41. The summed E-state index contributed by atoms with van der Waals surface area (Å²) in [4.78, 5) is 25.3. The molecule has 4 aromatic rings. The minimum atomic E-state index is -0.273. The Morgan fingerprint density at radius 3 is 2.71 bits per heavy atom. The van der Waals surface area contributed by atoms with Crippen molar-refractivity contribution < 1.29 is 4.79 Å². The zero-order valence-electron chi connectivity index (χ0n) is 16.3. The Hall–Kier alpha value is -3.48. The highest BCUT2D eigenvalue weighted by molar-refractivity contribution is 6.06. The van der Waals surface area contributed by atoms with Gasteiger partial charge in [-0.3, -0.25) is 9.48 Å². The molecule has 0 aliphatic rings. The first-order valence-corrected chi connectivity index (χ1v) is 9.16. The first-order valence-electron chi connectivity index (χ1n) is 9.16. The molecule has 3 heterocycles. The van der Waals surface area contributed by atoms with Gasteiger partial charge in [-0.1, -0.05) is 30.3 Å². The van der Waals surface area contributed by atoms with Gasteiger partial charge in [0.15, 0.2) is 5.65 Å². The third-order valence-corrected chi connectivity index (χ3v) is 4.78. The number of nitrogens with zero attached hydrogens (tertiary/aromatic N) is 4. The SMILES string of the molecule is Cc1cc(C(=O)N[C@@H](C)c2ncc(-c3ccccc3)[nH]2)c2c(C)nn(C)c2n1. The molecule has 0 saturated heterocycles. The van der Waals surface area contributed by atoms with E-state index in [1.54, 1.807) is 16.9 Å². The lowest BCUT2D eigenvalue weighted by Crippen LogP contribution is -2.27. The summed E-state index contributed by atoms with van der Waals surface area (Å²) in [6, 6.07) is 11.5. The number of nitrogens with one attached hydrogen (secondary N) is 2. The first-order chi connectivity index (χ1) is 13.4. The van der Waals surface area contributed by atoms with Gasteiger partial charge in [-0.2, -0.15) is 5.10 Å². The number of hydrogen-bond acceptors (Lipinski definition) is 4. The van der Waals surface area contributed by atoms with Gasteiger partial charge in [0.1, 0.15) is 5.82 Å². The molecule has 7 heteroatoms. The normalized spacial score (nSPS) is 12.3. The van der Waals surface area contributed by atoms with E-state index in [2.05, 4.69) is 25.4 Å². The number of amides is 1. The topological polar surface area (TPSA) is 88.5 Å². The quantitative estimate of drug-likeness (QED) is 0.572. The predicted molar refractivity (Wildman–Crippen MR) is 108 cm³/mol. The van der Waals surface area contributed by atoms with Gasteiger partial charge in [-0.15, -0.1) is 0 Å². The van der Waals surface area contributed by atoms with Crippen molar-refractivity contribution in [1.82, 2.24) is 30.0 Å². The van der Waals surface area contributed by atoms with E-state index >= 15 is 0 Å². The number of pyridine rings is 1. The molecule has 1 aromatic carbocycles. The molecule has 0 spiro atoms. The van der Waals surface area contributed by atoms with Crippen molar-refractivity contribution in [2.75, 3.05) is 0 Å². The number of imidazole rings is 1. The zero-order chi connectivity index (χ0) is 19.8. The maximum absolute atomic E-state index is 13.0. The van der Waals surface area contributed by atoms with E-state index in [1.807, 2.05) is 58.2 Å². The summed E-state index contributed by atoms with van der Waals surface area (Å²) in [5, 5.41) is 8.22. The van der Waals surface area contributed by atoms with Crippen molar-refractivity contribution in [3.05, 3.63) is 65.4 Å². The molecule has 4 rings (SSSR count). The maximum atomic E-state index is 13.0. The number of hydrogen-bond donors (Lipinski definition) is 2. The minimum Gasteiger partial charge on any atom is -0.342 e. The highest BCUT2D eigenvalue weighted by Crippen LogP contribution is 2.23. The van der Waals surface area contributed by atoms with E-state index in [1.165, 1.54) is 0 Å². The van der Waals surface area contributed by atoms with Crippen LogP contribution in [0.5, 0.6) is 0 Å². The minimum absolute atomic E-state index is 0.170. The Balaban J connectivity index is 1.61. The number of H-pyrrole nitrogens is 1. The number of aryl methyl sites for hydroxylation is 3. The predicted octanol–water partition coefficient (Wildman–Crippen LogP) is 3.47. The maximum Gasteiger partial charge on any atom is 0.252 e. The second-order valence-electron chi connectivity index (χ2n) is 6.96. The van der Waals surface area contributed by atoms with Crippen molar-refractivity contribution in [2.45, 2.75) is 26.8 Å². The highest BCUT2D eigenvalue weighted by atomic mass is 16.1. The van der Waals surface area contributed by atoms with Crippen LogP contribution in [-0.4, -0.2) is 30.6 Å². The van der Waals surface area contributed by atoms with Crippen LogP contribution in [0.25, 0.3) is 22.3 Å². The molecule has 1 atom stereocenters. The smallest absolute Gasteiger partial charge is 0.252 e. The number of carbonyl (C=O) groups excluding carboxylic acids is 1. The van der Waals surface area contributed by atoms with Gasteiger partial charge in [0.05, 0.1) is 34.6 Å². The van der Waals surface area contributed by atoms with Gasteiger partial charge in [0.25, 0.3) is 5.91 Å². The van der Waals surface area contributed by atoms with Crippen LogP contribution in [0.4, 0.5) is 0 Å². The van der Waals surface area contributed by atoms with Crippen molar-refractivity contribution in [3.8, 4) is 11.3 Å². The lowest BCUT2D eigenvalue weighted by Gasteiger charge is -2.13. The summed E-state index contributed by atoms with van der Waals surface area (Å²) < 4.78 is 1.70. The highest BCUT2D eigenvalue weighted by Gasteiger charge is 2.20. The van der Waals surface area contributed by atoms with Crippen LogP contribution in [0, 0.1) is 13.8 Å². The molecule has 0 aliphatic carbocycles. The average molecular weight is 374 g/mol. The van der Waals surface area contributed by atoms with Crippen LogP contribution in [0.2, 0.25) is 0 Å². The first kappa shape index (κ1) is 17.9. The molecule has 7 nitrogen and oxygen atoms in total. The van der Waals surface area contributed by atoms with E-state index in [-0.39, 0.29) is 11.9 Å². The Kier molecular flexibility index (Phi) is 4.43. The lowest BCUT2D eigenvalue weighted by atomic mass is 10.1. The Labute approximate surface area is 162 Å². The second kappa shape index (κ2) is 6.92. The van der Waals surface area contributed by atoms with Gasteiger partial charge in [0, 0.05) is 12.7 Å². The molecular formula is C21H22N6O. The molecule has 0 bridgehead atoms. The molecule has 0 radical (unpaired) electrons. The van der Waals surface area contributed by atoms with Gasteiger partial charge < -0.3 is 10.3 Å². The zero-order valence-corrected chi connectivity index (χ0v) is 16.3. The monoisotopic (exact) mass is 374 g/mol. The number of aromatic nitrogens is 5. The van der Waals surface area contributed by atoms with E-state index < -0.39 is 0 Å². The fraction of sp³-hybridized carbons (Fsp3) is 0.238. The number of rotatable bonds is 4. The summed E-state index contributed by atoms with van der Waals surface area (Å²) in [6.45, 7) is 5.67. The summed E-state index contributed by atoms with van der Waals surface area (Å²) in [5.74, 6) is 0.536. The lowest BCUT2D eigenvalue weighted by molar-refractivity contribution is 0.0940. The Bertz CT molecular complexity index is 1160. The van der Waals surface area contributed by atoms with Crippen LogP contribution < -0.4 is 5.32 Å². The number of benzene rings is 1. The van der Waals surface area contributed by atoms with Crippen LogP contribution in [0.3, 0.4) is 0 Å². The van der Waals surface area contributed by atoms with E-state index in [0.717, 1.165) is 28.0 Å². The molecule has 142 valence electrons. The average Bonchev–Trinajstić information content (AvgIpc) is 3.27. The molecule has 28 heavy (non-hydrogen) atoms. The molecule has 1 amide bonds. The number of aromatic amines is 1. The van der Waals surface area contributed by atoms with Gasteiger partial charge in [-0.05, 0) is 32.4 Å². The molecular weight excluding hydrogens is 352 g/mol. The van der Waals surface area contributed by atoms with Gasteiger partial charge >= 0.3 is 0 Å². The summed E-state index contributed by atoms with van der Waals surface area (Å²) >= 11 is 0. The van der Waals surface area contributed by atoms with Crippen molar-refractivity contribution in [2.24, 2.45) is 7.05 Å². The fourth-order valence-corrected chi connectivity index (χ4v) is 3.41. The van der Waals surface area contributed by atoms with Gasteiger partial charge in [-0.25, -0.2) is 9.97 Å². The van der Waals surface area contributed by atoms with Crippen LogP contribution in [-0.2, 0) is 7.05 Å². The Morgan fingerprint density at radius 2 is 1.96 bits per heavy atom. The van der Waals surface area contributed by atoms with Crippen molar-refractivity contribution in [3.63, 3.8) is 0 Å². The molecule has 0 aliphatic heterocycles. The summed E-state index contributed by atoms with van der Waals surface area (Å²) in [6.07, 6.45) is 1.79.